The Balaban J connectivity index is 2.48. The van der Waals surface area contributed by atoms with Crippen LogP contribution in [0.15, 0.2) is 11.6 Å². The van der Waals surface area contributed by atoms with Crippen molar-refractivity contribution in [2.24, 2.45) is 0 Å². The van der Waals surface area contributed by atoms with Gasteiger partial charge in [-0.15, -0.1) is 0 Å². The zero-order valence-corrected chi connectivity index (χ0v) is 7.48. The Kier molecular flexibility index (Phi) is 2.58. The van der Waals surface area contributed by atoms with Gasteiger partial charge in [-0.2, -0.15) is 8.42 Å². The van der Waals surface area contributed by atoms with E-state index in [0.29, 0.717) is 0 Å². The molecule has 1 aromatic rings. The Bertz CT molecular complexity index is 302. The predicted molar refractivity (Wildman–Crippen MR) is 41.7 cm³/mol. The van der Waals surface area contributed by atoms with E-state index in [9.17, 15) is 8.42 Å². The van der Waals surface area contributed by atoms with Crippen LogP contribution in [0.25, 0.3) is 0 Å². The number of hydrogen-bond acceptors (Lipinski definition) is 5. The summed E-state index contributed by atoms with van der Waals surface area (Å²) < 4.78 is 29.3. The van der Waals surface area contributed by atoms with Crippen LogP contribution in [0.4, 0.5) is 0 Å². The number of aromatic nitrogens is 1. The minimum absolute atomic E-state index is 0.0787. The van der Waals surface area contributed by atoms with Gasteiger partial charge in [-0.05, 0) is 11.5 Å². The summed E-state index contributed by atoms with van der Waals surface area (Å²) >= 11 is 1.27. The van der Waals surface area contributed by atoms with E-state index in [1.54, 1.807) is 11.6 Å². The molecule has 0 aliphatic heterocycles. The van der Waals surface area contributed by atoms with E-state index in [-0.39, 0.29) is 6.61 Å². The molecule has 62 valence electrons. The first kappa shape index (κ1) is 8.63. The average Bonchev–Trinajstić information content (AvgIpc) is 2.32. The van der Waals surface area contributed by atoms with Crippen LogP contribution in [0.3, 0.4) is 0 Å². The van der Waals surface area contributed by atoms with Crippen LogP contribution >= 0.6 is 11.5 Å². The van der Waals surface area contributed by atoms with E-state index < -0.39 is 10.1 Å². The molecule has 1 heterocycles. The molecule has 1 aromatic heterocycles. The largest absolute Gasteiger partial charge is 0.265 e. The predicted octanol–water partition coefficient (Wildman–Crippen LogP) is 0.619. The van der Waals surface area contributed by atoms with Gasteiger partial charge >= 0.3 is 0 Å². The normalized spacial score (nSPS) is 11.7. The maximum atomic E-state index is 10.5. The van der Waals surface area contributed by atoms with Gasteiger partial charge in [0.2, 0.25) is 0 Å². The average molecular weight is 193 g/mol. The molecule has 0 aromatic carbocycles. The lowest BCUT2D eigenvalue weighted by molar-refractivity contribution is 0.312. The lowest BCUT2D eigenvalue weighted by Gasteiger charge is -1.95. The summed E-state index contributed by atoms with van der Waals surface area (Å²) in [6, 6.07) is 0. The van der Waals surface area contributed by atoms with Crippen molar-refractivity contribution in [3.05, 3.63) is 17.1 Å². The highest BCUT2D eigenvalue weighted by Gasteiger charge is 2.02. The van der Waals surface area contributed by atoms with Crippen LogP contribution in [0.2, 0.25) is 0 Å². The summed E-state index contributed by atoms with van der Waals surface area (Å²) in [6.45, 7) is 0.0787. The van der Waals surface area contributed by atoms with E-state index in [1.165, 1.54) is 11.5 Å². The van der Waals surface area contributed by atoms with Gasteiger partial charge in [0.25, 0.3) is 10.1 Å². The molecular formula is C5H7NO3S2. The van der Waals surface area contributed by atoms with Gasteiger partial charge < -0.3 is 0 Å². The minimum atomic E-state index is -3.32. The summed E-state index contributed by atoms with van der Waals surface area (Å²) in [5.74, 6) is 0. The molecule has 11 heavy (non-hydrogen) atoms. The van der Waals surface area contributed by atoms with E-state index in [1.807, 2.05) is 0 Å². The molecule has 0 saturated carbocycles. The quantitative estimate of drug-likeness (QED) is 0.660. The van der Waals surface area contributed by atoms with Crippen molar-refractivity contribution in [2.75, 3.05) is 6.26 Å². The third-order valence-electron chi connectivity index (χ3n) is 0.923. The van der Waals surface area contributed by atoms with Gasteiger partial charge in [-0.1, -0.05) is 0 Å². The standard InChI is InChI=1S/C5H7NO3S2/c1-11(7,8)9-3-5-2-6-10-4-5/h2,4H,3H2,1H3. The molecule has 0 unspecified atom stereocenters. The number of hydrogen-bond donors (Lipinski definition) is 0. The van der Waals surface area contributed by atoms with Gasteiger partial charge in [0.15, 0.2) is 0 Å². The van der Waals surface area contributed by atoms with Crippen molar-refractivity contribution in [2.45, 2.75) is 6.61 Å². The molecule has 0 amide bonds. The van der Waals surface area contributed by atoms with E-state index in [0.717, 1.165) is 11.8 Å². The highest BCUT2D eigenvalue weighted by Crippen LogP contribution is 2.04. The Labute approximate surface area is 69.1 Å². The smallest absolute Gasteiger partial charge is 0.264 e. The van der Waals surface area contributed by atoms with E-state index in [2.05, 4.69) is 8.56 Å². The van der Waals surface area contributed by atoms with Gasteiger partial charge in [0.05, 0.1) is 12.9 Å². The Morgan fingerprint density at radius 1 is 1.73 bits per heavy atom. The lowest BCUT2D eigenvalue weighted by atomic mass is 10.4. The van der Waals surface area contributed by atoms with Crippen LogP contribution in [-0.4, -0.2) is 19.0 Å². The zero-order chi connectivity index (χ0) is 8.32. The molecule has 4 nitrogen and oxygen atoms in total. The SMILES string of the molecule is CS(=O)(=O)OCc1cnsc1. The summed E-state index contributed by atoms with van der Waals surface area (Å²) in [5, 5.41) is 1.74. The Morgan fingerprint density at radius 2 is 2.45 bits per heavy atom. The van der Waals surface area contributed by atoms with Crippen LogP contribution < -0.4 is 0 Å². The van der Waals surface area contributed by atoms with Crippen molar-refractivity contribution in [3.8, 4) is 0 Å². The van der Waals surface area contributed by atoms with Crippen LogP contribution in [0.1, 0.15) is 5.56 Å². The van der Waals surface area contributed by atoms with Crippen LogP contribution in [0, 0.1) is 0 Å². The molecule has 1 rings (SSSR count). The fourth-order valence-electron chi connectivity index (χ4n) is 0.473. The lowest BCUT2D eigenvalue weighted by Crippen LogP contribution is -2.01. The maximum Gasteiger partial charge on any atom is 0.264 e. The Hall–Kier alpha value is -0.460. The third-order valence-corrected chi connectivity index (χ3v) is 2.10. The topological polar surface area (TPSA) is 56.3 Å². The minimum Gasteiger partial charge on any atom is -0.265 e. The fraction of sp³-hybridized carbons (Fsp3) is 0.400. The van der Waals surface area contributed by atoms with Crippen molar-refractivity contribution in [1.29, 1.82) is 0 Å². The molecule has 0 bridgehead atoms. The molecule has 0 fully saturated rings. The molecule has 0 spiro atoms. The number of nitrogens with zero attached hydrogens (tertiary/aromatic N) is 1. The van der Waals surface area contributed by atoms with E-state index in [4.69, 9.17) is 0 Å². The molecule has 6 heteroatoms. The molecule has 0 saturated heterocycles. The first-order chi connectivity index (χ1) is 5.08. The highest BCUT2D eigenvalue weighted by molar-refractivity contribution is 7.85. The summed E-state index contributed by atoms with van der Waals surface area (Å²) in [6.07, 6.45) is 2.60. The molecule has 0 radical (unpaired) electrons. The van der Waals surface area contributed by atoms with E-state index >= 15 is 0 Å². The van der Waals surface area contributed by atoms with Gasteiger partial charge in [-0.25, -0.2) is 4.37 Å². The van der Waals surface area contributed by atoms with Crippen LogP contribution in [0.5, 0.6) is 0 Å². The van der Waals surface area contributed by atoms with Crippen molar-refractivity contribution >= 4 is 21.7 Å². The second kappa shape index (κ2) is 3.29. The second-order valence-electron chi connectivity index (χ2n) is 2.00. The second-order valence-corrected chi connectivity index (χ2v) is 4.30. The van der Waals surface area contributed by atoms with Crippen molar-refractivity contribution in [1.82, 2.24) is 4.37 Å². The van der Waals surface area contributed by atoms with Crippen LogP contribution in [-0.2, 0) is 20.9 Å². The fourth-order valence-corrected chi connectivity index (χ4v) is 1.34. The van der Waals surface area contributed by atoms with Crippen molar-refractivity contribution < 1.29 is 12.6 Å². The van der Waals surface area contributed by atoms with Crippen molar-refractivity contribution in [3.63, 3.8) is 0 Å². The summed E-state index contributed by atoms with van der Waals surface area (Å²) in [7, 11) is -3.32. The third kappa shape index (κ3) is 3.45. The maximum absolute atomic E-state index is 10.5. The first-order valence-corrected chi connectivity index (χ1v) is 5.46. The Morgan fingerprint density at radius 3 is 2.91 bits per heavy atom. The monoisotopic (exact) mass is 193 g/mol. The zero-order valence-electron chi connectivity index (χ0n) is 5.85. The van der Waals surface area contributed by atoms with Gasteiger partial charge in [0, 0.05) is 17.1 Å². The molecular weight excluding hydrogens is 186 g/mol. The molecule has 0 aliphatic carbocycles. The molecule has 0 N–H and O–H groups in total. The highest BCUT2D eigenvalue weighted by atomic mass is 32.2. The number of rotatable bonds is 3. The summed E-state index contributed by atoms with van der Waals surface area (Å²) in [4.78, 5) is 0. The molecule has 0 atom stereocenters. The molecule has 0 aliphatic rings. The van der Waals surface area contributed by atoms with Gasteiger partial charge in [-0.3, -0.25) is 4.18 Å². The summed E-state index contributed by atoms with van der Waals surface area (Å²) in [5.41, 5.74) is 0.778. The van der Waals surface area contributed by atoms with Gasteiger partial charge in [0.1, 0.15) is 0 Å². The first-order valence-electron chi connectivity index (χ1n) is 2.80.